The van der Waals surface area contributed by atoms with Crippen molar-refractivity contribution in [1.29, 1.82) is 0 Å². The molecule has 0 radical (unpaired) electrons. The molecular weight excluding hydrogens is 587 g/mol. The fraction of sp³-hybridized carbons (Fsp3) is 0.379. The molecule has 3 aromatic rings. The van der Waals surface area contributed by atoms with Crippen LogP contribution in [0.2, 0.25) is 0 Å². The van der Waals surface area contributed by atoms with E-state index in [0.717, 1.165) is 24.1 Å². The number of nitrogens with zero attached hydrogens (tertiary/aromatic N) is 2. The lowest BCUT2D eigenvalue weighted by atomic mass is 9.92. The highest BCUT2D eigenvalue weighted by molar-refractivity contribution is 5.78. The van der Waals surface area contributed by atoms with Gasteiger partial charge in [0, 0.05) is 31.2 Å². The lowest BCUT2D eigenvalue weighted by Gasteiger charge is -2.23. The number of aliphatic imine (C=N–C) groups is 1. The van der Waals surface area contributed by atoms with E-state index in [9.17, 15) is 27.9 Å². The summed E-state index contributed by atoms with van der Waals surface area (Å²) in [6, 6.07) is 12.5. The number of aliphatic carboxylic acids is 2. The van der Waals surface area contributed by atoms with Gasteiger partial charge in [-0.2, -0.15) is 13.2 Å². The molecule has 2 heterocycles. The number of carbonyl (C=O) groups is 2. The minimum atomic E-state index is -4.39. The molecule has 1 aliphatic heterocycles. The van der Waals surface area contributed by atoms with Crippen LogP contribution in [0.4, 0.5) is 13.2 Å². The van der Waals surface area contributed by atoms with E-state index in [1.54, 1.807) is 30.3 Å². The zero-order valence-corrected chi connectivity index (χ0v) is 23.6. The van der Waals surface area contributed by atoms with Crippen LogP contribution in [0, 0.1) is 0 Å². The Balaban J connectivity index is 0.000000375. The maximum absolute atomic E-state index is 12.7. The van der Waals surface area contributed by atoms with Gasteiger partial charge in [-0.05, 0) is 55.5 Å². The van der Waals surface area contributed by atoms with E-state index in [2.05, 4.69) is 10.1 Å². The second-order valence-electron chi connectivity index (χ2n) is 10.0. The summed E-state index contributed by atoms with van der Waals surface area (Å²) in [7, 11) is 0. The fourth-order valence-corrected chi connectivity index (χ4v) is 4.26. The zero-order valence-electron chi connectivity index (χ0n) is 23.6. The molecule has 2 atom stereocenters. The lowest BCUT2D eigenvalue weighted by Crippen LogP contribution is -2.40. The van der Waals surface area contributed by atoms with Gasteiger partial charge >= 0.3 is 18.1 Å². The summed E-state index contributed by atoms with van der Waals surface area (Å²) in [4.78, 5) is 25.5. The first-order chi connectivity index (χ1) is 20.8. The normalized spacial score (nSPS) is 16.8. The van der Waals surface area contributed by atoms with Crippen molar-refractivity contribution in [3.63, 3.8) is 0 Å². The number of nitrogens with two attached hydrogens (primary N) is 3. The first kappa shape index (κ1) is 33.9. The van der Waals surface area contributed by atoms with Gasteiger partial charge in [0.1, 0.15) is 24.1 Å². The number of carboxylic acids is 2. The van der Waals surface area contributed by atoms with Gasteiger partial charge in [-0.3, -0.25) is 9.79 Å². The van der Waals surface area contributed by atoms with Crippen LogP contribution in [-0.2, 0) is 33.5 Å². The highest BCUT2D eigenvalue weighted by Gasteiger charge is 2.42. The molecule has 1 fully saturated rings. The minimum Gasteiger partial charge on any atom is -0.486 e. The number of hydrogen-bond acceptors (Lipinski definition) is 8. The van der Waals surface area contributed by atoms with Crippen LogP contribution in [0.15, 0.2) is 64.1 Å². The number of halogens is 3. The summed E-state index contributed by atoms with van der Waals surface area (Å²) in [6.45, 7) is 0.942. The van der Waals surface area contributed by atoms with E-state index in [0.29, 0.717) is 55.2 Å². The molecule has 0 saturated carbocycles. The van der Waals surface area contributed by atoms with Gasteiger partial charge < -0.3 is 41.4 Å². The Morgan fingerprint density at radius 3 is 2.32 bits per heavy atom. The molecule has 0 amide bonds. The zero-order chi connectivity index (χ0) is 32.3. The third kappa shape index (κ3) is 9.98. The predicted molar refractivity (Wildman–Crippen MR) is 152 cm³/mol. The van der Waals surface area contributed by atoms with Gasteiger partial charge in [0.05, 0.1) is 5.56 Å². The molecular formula is C29H34F3N5O7. The Labute approximate surface area is 250 Å². The predicted octanol–water partition coefficient (Wildman–Crippen LogP) is 3.57. The van der Waals surface area contributed by atoms with Crippen molar-refractivity contribution in [1.82, 2.24) is 5.16 Å². The number of ether oxygens (including phenoxy) is 2. The molecule has 0 aliphatic carbocycles. The summed E-state index contributed by atoms with van der Waals surface area (Å²) in [5, 5.41) is 21.8. The van der Waals surface area contributed by atoms with Gasteiger partial charge in [0.2, 0.25) is 0 Å². The quantitative estimate of drug-likeness (QED) is 0.112. The lowest BCUT2D eigenvalue weighted by molar-refractivity contribution is -0.159. The van der Waals surface area contributed by atoms with Crippen molar-refractivity contribution < 1.29 is 47.0 Å². The molecule has 0 spiro atoms. The number of rotatable bonds is 12. The Kier molecular flexibility index (Phi) is 11.7. The third-order valence-electron chi connectivity index (χ3n) is 6.64. The van der Waals surface area contributed by atoms with E-state index < -0.39 is 35.3 Å². The Bertz CT molecular complexity index is 1400. The average molecular weight is 622 g/mol. The molecule has 2 aromatic carbocycles. The topological polar surface area (TPSA) is 210 Å². The third-order valence-corrected chi connectivity index (χ3v) is 6.64. The Morgan fingerprint density at radius 1 is 1.09 bits per heavy atom. The second kappa shape index (κ2) is 15.2. The SMILES string of the molecule is NC(N)=NCCC[C@H](N)C(=O)O.O=C(O)[C@]1(Cc2ccc(OCc3cc(-c4ccc(C(F)(F)F)cc4)no3)cc2)CCCO1. The number of aromatic nitrogens is 1. The summed E-state index contributed by atoms with van der Waals surface area (Å²) in [5.74, 6) is -0.978. The van der Waals surface area contributed by atoms with Crippen LogP contribution in [0.25, 0.3) is 11.3 Å². The summed E-state index contributed by atoms with van der Waals surface area (Å²) >= 11 is 0. The molecule has 238 valence electrons. The summed E-state index contributed by atoms with van der Waals surface area (Å²) in [5.41, 5.74) is 15.2. The van der Waals surface area contributed by atoms with Gasteiger partial charge in [-0.15, -0.1) is 0 Å². The molecule has 1 aliphatic rings. The van der Waals surface area contributed by atoms with E-state index in [-0.39, 0.29) is 19.0 Å². The molecule has 4 rings (SSSR count). The molecule has 12 nitrogen and oxygen atoms in total. The van der Waals surface area contributed by atoms with Crippen molar-refractivity contribution >= 4 is 17.9 Å². The summed E-state index contributed by atoms with van der Waals surface area (Å²) < 4.78 is 54.4. The second-order valence-corrected chi connectivity index (χ2v) is 10.0. The van der Waals surface area contributed by atoms with Crippen LogP contribution < -0.4 is 21.9 Å². The molecule has 0 unspecified atom stereocenters. The van der Waals surface area contributed by atoms with E-state index >= 15 is 0 Å². The smallest absolute Gasteiger partial charge is 0.416 e. The van der Waals surface area contributed by atoms with Crippen LogP contribution in [0.1, 0.15) is 42.6 Å². The van der Waals surface area contributed by atoms with Crippen molar-refractivity contribution in [3.8, 4) is 17.0 Å². The molecule has 15 heteroatoms. The van der Waals surface area contributed by atoms with Crippen molar-refractivity contribution in [2.75, 3.05) is 13.2 Å². The molecule has 8 N–H and O–H groups in total. The maximum atomic E-state index is 12.7. The van der Waals surface area contributed by atoms with Crippen LogP contribution in [0.5, 0.6) is 5.75 Å². The molecule has 44 heavy (non-hydrogen) atoms. The standard InChI is InChI=1S/C23H20F3NO5.C6H14N4O2/c24-23(25,26)17-6-4-16(5-7-17)20-12-19(32-27-20)14-30-18-8-2-15(3-9-18)13-22(21(28)29)10-1-11-31-22;7-4(5(11)12)2-1-3-10-6(8)9/h2-9,12H,1,10-11,13-14H2,(H,28,29);4H,1-3,7H2,(H,11,12)(H4,8,9,10)/t22-;4-/m10/s1. The number of benzene rings is 2. The van der Waals surface area contributed by atoms with Gasteiger partial charge in [-0.1, -0.05) is 29.4 Å². The average Bonchev–Trinajstić information content (AvgIpc) is 3.66. The Hall–Kier alpha value is -4.63. The number of carboxylic acid groups (broad SMARTS) is 2. The number of hydrogen-bond donors (Lipinski definition) is 5. The van der Waals surface area contributed by atoms with Crippen molar-refractivity contribution in [3.05, 3.63) is 71.5 Å². The van der Waals surface area contributed by atoms with E-state index in [4.69, 9.17) is 36.3 Å². The fourth-order valence-electron chi connectivity index (χ4n) is 4.26. The van der Waals surface area contributed by atoms with Crippen LogP contribution >= 0.6 is 0 Å². The Morgan fingerprint density at radius 2 is 1.77 bits per heavy atom. The minimum absolute atomic E-state index is 0.0129. The number of alkyl halides is 3. The molecule has 1 aromatic heterocycles. The molecule has 0 bridgehead atoms. The monoisotopic (exact) mass is 621 g/mol. The first-order valence-corrected chi connectivity index (χ1v) is 13.6. The summed E-state index contributed by atoms with van der Waals surface area (Å²) in [6.07, 6.45) is -1.96. The van der Waals surface area contributed by atoms with Crippen LogP contribution in [-0.4, -0.2) is 58.1 Å². The van der Waals surface area contributed by atoms with Gasteiger partial charge in [-0.25, -0.2) is 4.79 Å². The van der Waals surface area contributed by atoms with Gasteiger partial charge in [0.25, 0.3) is 0 Å². The maximum Gasteiger partial charge on any atom is 0.416 e. The van der Waals surface area contributed by atoms with Crippen molar-refractivity contribution in [2.45, 2.75) is 56.5 Å². The van der Waals surface area contributed by atoms with Gasteiger partial charge in [0.15, 0.2) is 17.3 Å². The van der Waals surface area contributed by atoms with E-state index in [1.807, 2.05) is 0 Å². The number of guanidine groups is 1. The largest absolute Gasteiger partial charge is 0.486 e. The van der Waals surface area contributed by atoms with Crippen molar-refractivity contribution in [2.24, 2.45) is 22.2 Å². The highest BCUT2D eigenvalue weighted by Crippen LogP contribution is 2.32. The highest BCUT2D eigenvalue weighted by atomic mass is 19.4. The van der Waals surface area contributed by atoms with Crippen LogP contribution in [0.3, 0.4) is 0 Å². The van der Waals surface area contributed by atoms with E-state index in [1.165, 1.54) is 12.1 Å². The molecule has 1 saturated heterocycles. The first-order valence-electron chi connectivity index (χ1n) is 13.6.